The van der Waals surface area contributed by atoms with E-state index in [1.54, 1.807) is 0 Å². The molecule has 2 aromatic rings. The number of rotatable bonds is 2. The highest BCUT2D eigenvalue weighted by molar-refractivity contribution is 14.1. The van der Waals surface area contributed by atoms with Crippen LogP contribution in [-0.4, -0.2) is 19.7 Å². The van der Waals surface area contributed by atoms with Crippen LogP contribution >= 0.6 is 22.6 Å². The maximum absolute atomic E-state index is 12.6. The maximum atomic E-state index is 12.6. The van der Waals surface area contributed by atoms with E-state index in [9.17, 15) is 13.2 Å². The summed E-state index contributed by atoms with van der Waals surface area (Å²) in [5, 5.41) is 3.87. The van der Waals surface area contributed by atoms with Crippen molar-refractivity contribution < 1.29 is 13.2 Å². The van der Waals surface area contributed by atoms with Gasteiger partial charge in [0.2, 0.25) is 5.95 Å². The number of nitrogens with zero attached hydrogens (tertiary/aromatic N) is 4. The molecule has 18 heavy (non-hydrogen) atoms. The minimum Gasteiger partial charge on any atom is -0.292 e. The van der Waals surface area contributed by atoms with Crippen molar-refractivity contribution in [3.63, 3.8) is 0 Å². The van der Waals surface area contributed by atoms with Gasteiger partial charge in [0.15, 0.2) is 11.5 Å². The molecule has 0 spiro atoms. The summed E-state index contributed by atoms with van der Waals surface area (Å²) in [6, 6.07) is 0.796. The fraction of sp³-hybridized carbons (Fsp3) is 0.125. The molecule has 10 heteroatoms. The van der Waals surface area contributed by atoms with Crippen LogP contribution in [0.2, 0.25) is 0 Å². The van der Waals surface area contributed by atoms with Crippen LogP contribution in [0.1, 0.15) is 5.69 Å². The lowest BCUT2D eigenvalue weighted by atomic mass is 10.4. The summed E-state index contributed by atoms with van der Waals surface area (Å²) in [6.07, 6.45) is -1.56. The lowest BCUT2D eigenvalue weighted by molar-refractivity contribution is -0.141. The fourth-order valence-corrected chi connectivity index (χ4v) is 1.58. The number of hydrazine groups is 1. The van der Waals surface area contributed by atoms with Crippen molar-refractivity contribution >= 4 is 28.5 Å². The molecule has 0 fully saturated rings. The number of nitrogen functional groups attached to an aromatic ring is 1. The maximum Gasteiger partial charge on any atom is 0.433 e. The first-order chi connectivity index (χ1) is 8.40. The highest BCUT2D eigenvalue weighted by atomic mass is 127. The van der Waals surface area contributed by atoms with Gasteiger partial charge in [0, 0.05) is 12.3 Å². The summed E-state index contributed by atoms with van der Waals surface area (Å²) in [4.78, 5) is 7.04. The molecule has 6 nitrogen and oxygen atoms in total. The van der Waals surface area contributed by atoms with Gasteiger partial charge in [0.25, 0.3) is 0 Å². The Morgan fingerprint density at radius 1 is 1.33 bits per heavy atom. The van der Waals surface area contributed by atoms with E-state index in [2.05, 4.69) is 15.1 Å². The molecule has 2 aromatic heterocycles. The average Bonchev–Trinajstić information content (AvgIpc) is 2.74. The monoisotopic (exact) mass is 370 g/mol. The summed E-state index contributed by atoms with van der Waals surface area (Å²) in [7, 11) is 0. The summed E-state index contributed by atoms with van der Waals surface area (Å²) in [5.74, 6) is 4.69. The number of hydrogen-bond acceptors (Lipinski definition) is 5. The van der Waals surface area contributed by atoms with E-state index in [0.717, 1.165) is 9.64 Å². The second kappa shape index (κ2) is 4.68. The molecule has 0 atom stereocenters. The van der Waals surface area contributed by atoms with Gasteiger partial charge >= 0.3 is 6.18 Å². The Hall–Kier alpha value is -1.43. The SMILES string of the molecule is NNc1nc(-n2cc(I)cn2)cc(C(F)(F)F)n1. The molecule has 96 valence electrons. The number of anilines is 1. The second-order valence-corrected chi connectivity index (χ2v) is 4.43. The lowest BCUT2D eigenvalue weighted by Crippen LogP contribution is -2.17. The first kappa shape index (κ1) is 13.0. The molecular weight excluding hydrogens is 364 g/mol. The van der Waals surface area contributed by atoms with E-state index in [1.165, 1.54) is 17.1 Å². The molecule has 3 N–H and O–H groups in total. The van der Waals surface area contributed by atoms with Crippen molar-refractivity contribution in [3.8, 4) is 5.82 Å². The van der Waals surface area contributed by atoms with Gasteiger partial charge in [-0.3, -0.25) is 5.43 Å². The molecule has 2 rings (SSSR count). The third-order valence-electron chi connectivity index (χ3n) is 1.92. The van der Waals surface area contributed by atoms with Crippen LogP contribution in [0, 0.1) is 3.57 Å². The average molecular weight is 370 g/mol. The van der Waals surface area contributed by atoms with Gasteiger partial charge in [-0.1, -0.05) is 0 Å². The van der Waals surface area contributed by atoms with Gasteiger partial charge in [0.1, 0.15) is 0 Å². The predicted molar refractivity (Wildman–Crippen MR) is 64.7 cm³/mol. The molecular formula is C8H6F3IN6. The van der Waals surface area contributed by atoms with E-state index in [0.29, 0.717) is 0 Å². The zero-order valence-electron chi connectivity index (χ0n) is 8.61. The van der Waals surface area contributed by atoms with Crippen LogP contribution in [0.25, 0.3) is 5.82 Å². The number of alkyl halides is 3. The third-order valence-corrected chi connectivity index (χ3v) is 2.48. The Morgan fingerprint density at radius 2 is 2.06 bits per heavy atom. The standard InChI is InChI=1S/C8H6F3IN6/c9-8(10,11)5-1-6(16-7(15-5)17-13)18-3-4(12)2-14-18/h1-3H,13H2,(H,15,16,17). The first-order valence-electron chi connectivity index (χ1n) is 4.53. The van der Waals surface area contributed by atoms with Crippen molar-refractivity contribution in [1.29, 1.82) is 0 Å². The zero-order valence-corrected chi connectivity index (χ0v) is 10.8. The van der Waals surface area contributed by atoms with Crippen molar-refractivity contribution in [2.45, 2.75) is 6.18 Å². The molecule has 0 saturated heterocycles. The van der Waals surface area contributed by atoms with E-state index >= 15 is 0 Å². The number of halogens is 4. The van der Waals surface area contributed by atoms with Gasteiger partial charge in [-0.15, -0.1) is 0 Å². The zero-order chi connectivity index (χ0) is 13.3. The lowest BCUT2D eigenvalue weighted by Gasteiger charge is -2.09. The minimum atomic E-state index is -4.58. The van der Waals surface area contributed by atoms with E-state index < -0.39 is 11.9 Å². The number of nitrogens with two attached hydrogens (primary N) is 1. The quantitative estimate of drug-likeness (QED) is 0.477. The smallest absolute Gasteiger partial charge is 0.292 e. The van der Waals surface area contributed by atoms with Crippen LogP contribution in [0.15, 0.2) is 18.5 Å². The Bertz CT molecular complexity index is 566. The number of aromatic nitrogens is 4. The Balaban J connectivity index is 2.54. The largest absolute Gasteiger partial charge is 0.433 e. The summed E-state index contributed by atoms with van der Waals surface area (Å²) < 4.78 is 39.8. The fourth-order valence-electron chi connectivity index (χ4n) is 1.19. The molecule has 0 saturated carbocycles. The van der Waals surface area contributed by atoms with Crippen LogP contribution in [-0.2, 0) is 6.18 Å². The number of nitrogens with one attached hydrogen (secondary N) is 1. The Labute approximate surface area is 113 Å². The minimum absolute atomic E-state index is 0.0202. The second-order valence-electron chi connectivity index (χ2n) is 3.18. The molecule has 0 bridgehead atoms. The van der Waals surface area contributed by atoms with Gasteiger partial charge in [-0.25, -0.2) is 15.5 Å². The number of hydrogen-bond donors (Lipinski definition) is 2. The van der Waals surface area contributed by atoms with Crippen molar-refractivity contribution in [2.75, 3.05) is 5.43 Å². The molecule has 0 aliphatic carbocycles. The van der Waals surface area contributed by atoms with Crippen molar-refractivity contribution in [1.82, 2.24) is 19.7 Å². The van der Waals surface area contributed by atoms with Gasteiger partial charge in [0.05, 0.1) is 9.77 Å². The topological polar surface area (TPSA) is 81.6 Å². The molecule has 0 aromatic carbocycles. The van der Waals surface area contributed by atoms with Gasteiger partial charge in [-0.05, 0) is 22.6 Å². The van der Waals surface area contributed by atoms with Crippen molar-refractivity contribution in [2.24, 2.45) is 5.84 Å². The van der Waals surface area contributed by atoms with Crippen LogP contribution in [0.3, 0.4) is 0 Å². The van der Waals surface area contributed by atoms with Crippen molar-refractivity contribution in [3.05, 3.63) is 27.7 Å². The first-order valence-corrected chi connectivity index (χ1v) is 5.61. The van der Waals surface area contributed by atoms with E-state index in [1.807, 2.05) is 28.0 Å². The molecule has 0 aliphatic rings. The molecule has 2 heterocycles. The van der Waals surface area contributed by atoms with E-state index in [4.69, 9.17) is 5.84 Å². The van der Waals surface area contributed by atoms with Gasteiger partial charge < -0.3 is 0 Å². The highest BCUT2D eigenvalue weighted by Gasteiger charge is 2.34. The van der Waals surface area contributed by atoms with E-state index in [-0.39, 0.29) is 11.8 Å². The Kier molecular flexibility index (Phi) is 3.38. The normalized spacial score (nSPS) is 11.6. The van der Waals surface area contributed by atoms with Crippen LogP contribution in [0.4, 0.5) is 19.1 Å². The highest BCUT2D eigenvalue weighted by Crippen LogP contribution is 2.29. The summed E-state index contributed by atoms with van der Waals surface area (Å²) in [5.41, 5.74) is 0.899. The molecule has 0 radical (unpaired) electrons. The Morgan fingerprint density at radius 3 is 2.56 bits per heavy atom. The molecule has 0 unspecified atom stereocenters. The predicted octanol–water partition coefficient (Wildman–Crippen LogP) is 1.57. The third kappa shape index (κ3) is 2.69. The summed E-state index contributed by atoms with van der Waals surface area (Å²) in [6.45, 7) is 0. The van der Waals surface area contributed by atoms with Crippen LogP contribution < -0.4 is 11.3 Å². The van der Waals surface area contributed by atoms with Gasteiger partial charge in [-0.2, -0.15) is 23.3 Å². The molecule has 0 aliphatic heterocycles. The summed E-state index contributed by atoms with van der Waals surface area (Å²) >= 11 is 1.98. The molecule has 0 amide bonds. The van der Waals surface area contributed by atoms with Crippen LogP contribution in [0.5, 0.6) is 0 Å².